The molecule has 6 nitrogen and oxygen atoms in total. The lowest BCUT2D eigenvalue weighted by Gasteiger charge is -2.46. The molecule has 0 aromatic heterocycles. The maximum Gasteiger partial charge on any atom is 0.270 e. The Bertz CT molecular complexity index is 615. The van der Waals surface area contributed by atoms with Crippen molar-refractivity contribution in [1.82, 2.24) is 4.90 Å². The van der Waals surface area contributed by atoms with Crippen molar-refractivity contribution in [2.24, 2.45) is 0 Å². The van der Waals surface area contributed by atoms with Crippen molar-refractivity contribution in [3.8, 4) is 5.75 Å². The molecule has 3 rings (SSSR count). The minimum atomic E-state index is -0.730. The first-order valence-electron chi connectivity index (χ1n) is 8.79. The van der Waals surface area contributed by atoms with Gasteiger partial charge in [-0.05, 0) is 45.8 Å². The van der Waals surface area contributed by atoms with Crippen LogP contribution in [0.3, 0.4) is 0 Å². The normalized spacial score (nSPS) is 26.4. The van der Waals surface area contributed by atoms with Gasteiger partial charge in [-0.2, -0.15) is 0 Å². The Morgan fingerprint density at radius 1 is 1.20 bits per heavy atom. The summed E-state index contributed by atoms with van der Waals surface area (Å²) in [5.41, 5.74) is 0.0498. The predicted octanol–water partition coefficient (Wildman–Crippen LogP) is 3.86. The number of aliphatic hydroxyl groups is 1. The molecule has 25 heavy (non-hydrogen) atoms. The van der Waals surface area contributed by atoms with Crippen LogP contribution in [0.15, 0.2) is 18.2 Å². The van der Waals surface area contributed by atoms with E-state index in [4.69, 9.17) is 4.74 Å². The highest BCUT2D eigenvalue weighted by Crippen LogP contribution is 2.44. The maximum atomic E-state index is 11.2. The van der Waals surface area contributed by atoms with E-state index in [2.05, 4.69) is 4.90 Å². The van der Waals surface area contributed by atoms with Crippen molar-refractivity contribution in [3.05, 3.63) is 33.9 Å². The zero-order valence-corrected chi connectivity index (χ0v) is 15.6. The maximum absolute atomic E-state index is 11.2. The predicted molar refractivity (Wildman–Crippen MR) is 98.5 cm³/mol. The topological polar surface area (TPSA) is 75.8 Å². The summed E-state index contributed by atoms with van der Waals surface area (Å²) in [4.78, 5) is 13.1. The minimum Gasteiger partial charge on any atom is -0.485 e. The van der Waals surface area contributed by atoms with Gasteiger partial charge in [0.05, 0.1) is 11.0 Å². The molecule has 1 fully saturated rings. The van der Waals surface area contributed by atoms with Gasteiger partial charge in [-0.1, -0.05) is 19.3 Å². The number of ether oxygens (including phenoxy) is 1. The third-order valence-electron chi connectivity index (χ3n) is 5.19. The lowest BCUT2D eigenvalue weighted by Crippen LogP contribution is -2.54. The van der Waals surface area contributed by atoms with Crippen molar-refractivity contribution in [3.63, 3.8) is 0 Å². The molecule has 7 heteroatoms. The molecule has 0 radical (unpaired) electrons. The SMILES string of the molecule is CC1(C)Oc2ccc([N+](=O)[O-])cc2[C@@H](N2CCCCCCC2)[C@@H]1O.Cl. The van der Waals surface area contributed by atoms with Gasteiger partial charge < -0.3 is 9.84 Å². The van der Waals surface area contributed by atoms with Crippen molar-refractivity contribution < 1.29 is 14.8 Å². The number of rotatable bonds is 2. The van der Waals surface area contributed by atoms with E-state index < -0.39 is 16.6 Å². The van der Waals surface area contributed by atoms with Crippen LogP contribution in [0.2, 0.25) is 0 Å². The van der Waals surface area contributed by atoms with Crippen molar-refractivity contribution in [1.29, 1.82) is 0 Å². The van der Waals surface area contributed by atoms with E-state index in [-0.39, 0.29) is 24.1 Å². The molecule has 1 aromatic rings. The summed E-state index contributed by atoms with van der Waals surface area (Å²) < 4.78 is 5.94. The number of fused-ring (bicyclic) bond motifs is 1. The smallest absolute Gasteiger partial charge is 0.270 e. The highest BCUT2D eigenvalue weighted by Gasteiger charge is 2.45. The lowest BCUT2D eigenvalue weighted by atomic mass is 9.85. The number of likely N-dealkylation sites (tertiary alicyclic amines) is 1. The first kappa shape index (κ1) is 19.9. The summed E-state index contributed by atoms with van der Waals surface area (Å²) in [6.07, 6.45) is 5.11. The van der Waals surface area contributed by atoms with Gasteiger partial charge in [-0.3, -0.25) is 15.0 Å². The van der Waals surface area contributed by atoms with E-state index in [9.17, 15) is 15.2 Å². The molecule has 0 unspecified atom stereocenters. The fourth-order valence-electron chi connectivity index (χ4n) is 3.81. The molecule has 2 atom stereocenters. The first-order chi connectivity index (χ1) is 11.4. The Kier molecular flexibility index (Phi) is 6.30. The Balaban J connectivity index is 0.00000225. The van der Waals surface area contributed by atoms with Crippen molar-refractivity contribution in [2.45, 2.75) is 63.7 Å². The van der Waals surface area contributed by atoms with Gasteiger partial charge in [-0.15, -0.1) is 12.4 Å². The van der Waals surface area contributed by atoms with Crippen LogP contribution in [0.25, 0.3) is 0 Å². The quantitative estimate of drug-likeness (QED) is 0.632. The third kappa shape index (κ3) is 4.07. The Morgan fingerprint density at radius 3 is 2.40 bits per heavy atom. The van der Waals surface area contributed by atoms with Gasteiger partial charge in [0.15, 0.2) is 0 Å². The van der Waals surface area contributed by atoms with Gasteiger partial charge in [-0.25, -0.2) is 0 Å². The van der Waals surface area contributed by atoms with Crippen molar-refractivity contribution in [2.75, 3.05) is 13.1 Å². The fourth-order valence-corrected chi connectivity index (χ4v) is 3.81. The molecule has 0 aliphatic carbocycles. The Labute approximate surface area is 154 Å². The zero-order chi connectivity index (χ0) is 17.3. The molecule has 1 aromatic carbocycles. The molecular weight excluding hydrogens is 344 g/mol. The average Bonchev–Trinajstić information content (AvgIpc) is 2.49. The fraction of sp³-hybridized carbons (Fsp3) is 0.667. The highest BCUT2D eigenvalue weighted by molar-refractivity contribution is 5.85. The second-order valence-corrected chi connectivity index (χ2v) is 7.38. The molecule has 0 saturated carbocycles. The second-order valence-electron chi connectivity index (χ2n) is 7.38. The van der Waals surface area contributed by atoms with Crippen LogP contribution in [0.4, 0.5) is 5.69 Å². The summed E-state index contributed by atoms with van der Waals surface area (Å²) in [6, 6.07) is 4.44. The molecule has 1 N–H and O–H groups in total. The number of hydrogen-bond donors (Lipinski definition) is 1. The molecule has 0 spiro atoms. The number of benzene rings is 1. The van der Waals surface area contributed by atoms with Gasteiger partial charge in [0.2, 0.25) is 0 Å². The van der Waals surface area contributed by atoms with Crippen LogP contribution >= 0.6 is 12.4 Å². The molecule has 0 amide bonds. The van der Waals surface area contributed by atoms with Crippen LogP contribution in [0.5, 0.6) is 5.75 Å². The molecular formula is C18H27ClN2O4. The van der Waals surface area contributed by atoms with Gasteiger partial charge in [0, 0.05) is 17.7 Å². The molecule has 2 heterocycles. The largest absolute Gasteiger partial charge is 0.485 e. The summed E-state index contributed by atoms with van der Waals surface area (Å²) in [5.74, 6) is 0.642. The summed E-state index contributed by atoms with van der Waals surface area (Å²) >= 11 is 0. The van der Waals surface area contributed by atoms with Crippen LogP contribution < -0.4 is 4.74 Å². The van der Waals surface area contributed by atoms with E-state index in [1.54, 1.807) is 12.1 Å². The number of aliphatic hydroxyl groups excluding tert-OH is 1. The third-order valence-corrected chi connectivity index (χ3v) is 5.19. The van der Waals surface area contributed by atoms with Crippen LogP contribution in [-0.4, -0.2) is 39.7 Å². The zero-order valence-electron chi connectivity index (χ0n) is 14.8. The minimum absolute atomic E-state index is 0. The van der Waals surface area contributed by atoms with E-state index >= 15 is 0 Å². The summed E-state index contributed by atoms with van der Waals surface area (Å²) in [5, 5.41) is 22.1. The molecule has 2 aliphatic heterocycles. The number of non-ortho nitro benzene ring substituents is 1. The second kappa shape index (κ2) is 7.89. The Morgan fingerprint density at radius 2 is 1.80 bits per heavy atom. The monoisotopic (exact) mass is 370 g/mol. The average molecular weight is 371 g/mol. The first-order valence-corrected chi connectivity index (χ1v) is 8.79. The number of nitro benzene ring substituents is 1. The highest BCUT2D eigenvalue weighted by atomic mass is 35.5. The van der Waals surface area contributed by atoms with Gasteiger partial charge in [0.25, 0.3) is 5.69 Å². The number of nitro groups is 1. The summed E-state index contributed by atoms with van der Waals surface area (Å²) in [6.45, 7) is 5.55. The van der Waals surface area contributed by atoms with Gasteiger partial charge in [0.1, 0.15) is 17.5 Å². The van der Waals surface area contributed by atoms with Gasteiger partial charge >= 0.3 is 0 Å². The van der Waals surface area contributed by atoms with Crippen LogP contribution in [-0.2, 0) is 0 Å². The number of halogens is 1. The van der Waals surface area contributed by atoms with E-state index in [1.807, 2.05) is 13.8 Å². The molecule has 1 saturated heterocycles. The van der Waals surface area contributed by atoms with Crippen LogP contribution in [0.1, 0.15) is 57.6 Å². The molecule has 140 valence electrons. The lowest BCUT2D eigenvalue weighted by molar-refractivity contribution is -0.385. The molecule has 2 aliphatic rings. The Hall–Kier alpha value is -1.37. The van der Waals surface area contributed by atoms with E-state index in [0.29, 0.717) is 5.75 Å². The van der Waals surface area contributed by atoms with E-state index in [1.165, 1.54) is 25.3 Å². The van der Waals surface area contributed by atoms with E-state index in [0.717, 1.165) is 31.5 Å². The molecule has 0 bridgehead atoms. The van der Waals surface area contributed by atoms with Crippen LogP contribution in [0, 0.1) is 10.1 Å². The number of hydrogen-bond acceptors (Lipinski definition) is 5. The van der Waals surface area contributed by atoms with Crippen molar-refractivity contribution >= 4 is 18.1 Å². The standard InChI is InChI=1S/C18H26N2O4.ClH/c1-18(2)17(21)16(19-10-6-4-3-5-7-11-19)14-12-13(20(22)23)8-9-15(14)24-18;/h8-9,12,16-17,21H,3-7,10-11H2,1-2H3;1H/t16-,17+;/m1./s1. The summed E-state index contributed by atoms with van der Waals surface area (Å²) in [7, 11) is 0. The number of nitrogens with zero attached hydrogens (tertiary/aromatic N) is 2.